The van der Waals surface area contributed by atoms with Crippen LogP contribution in [0.5, 0.6) is 0 Å². The van der Waals surface area contributed by atoms with Crippen molar-refractivity contribution >= 4 is 36.7 Å². The molecule has 0 saturated carbocycles. The molecule has 1 aliphatic rings. The van der Waals surface area contributed by atoms with Crippen LogP contribution in [0.15, 0.2) is 29.2 Å². The summed E-state index contributed by atoms with van der Waals surface area (Å²) >= 11 is 1.33. The van der Waals surface area contributed by atoms with Crippen molar-refractivity contribution in [3.8, 4) is 6.07 Å². The highest BCUT2D eigenvalue weighted by molar-refractivity contribution is 7.98. The van der Waals surface area contributed by atoms with Crippen LogP contribution in [0.3, 0.4) is 0 Å². The molecule has 0 spiro atoms. The molecule has 190 valence electrons. The Morgan fingerprint density at radius 1 is 1.40 bits per heavy atom. The lowest BCUT2D eigenvalue weighted by molar-refractivity contribution is -0.137. The Kier molecular flexibility index (Phi) is 8.40. The summed E-state index contributed by atoms with van der Waals surface area (Å²) in [4.78, 5) is 18.7. The highest BCUT2D eigenvalue weighted by Gasteiger charge is 2.37. The van der Waals surface area contributed by atoms with E-state index in [1.807, 2.05) is 19.0 Å². The van der Waals surface area contributed by atoms with Crippen molar-refractivity contribution in [2.45, 2.75) is 29.7 Å². The van der Waals surface area contributed by atoms with Crippen LogP contribution in [0.2, 0.25) is 0 Å². The van der Waals surface area contributed by atoms with Crippen molar-refractivity contribution in [1.82, 2.24) is 9.88 Å². The highest BCUT2D eigenvalue weighted by atomic mass is 32.2. The summed E-state index contributed by atoms with van der Waals surface area (Å²) in [6.45, 7) is 1.05. The number of benzene rings is 1. The molecule has 3 rings (SSSR count). The smallest absolute Gasteiger partial charge is 0.355 e. The van der Waals surface area contributed by atoms with Gasteiger partial charge in [-0.1, -0.05) is 6.07 Å². The maximum Gasteiger partial charge on any atom is 0.417 e. The first-order chi connectivity index (χ1) is 16.4. The number of rotatable bonds is 8. The SMILES string of the molecule is COP(=O)(O)Cc1ccc(SC)c(Nc2nc(N3CC[C@H](N(C)C)C3)cc(C(F)(F)F)c2C#N)c1. The number of hydrogen-bond acceptors (Lipinski definition) is 8. The van der Waals surface area contributed by atoms with E-state index in [-0.39, 0.29) is 23.8 Å². The molecule has 0 bridgehead atoms. The lowest BCUT2D eigenvalue weighted by Gasteiger charge is -2.23. The van der Waals surface area contributed by atoms with Gasteiger partial charge in [0.15, 0.2) is 5.82 Å². The second-order valence-corrected chi connectivity index (χ2v) is 11.2. The van der Waals surface area contributed by atoms with E-state index >= 15 is 0 Å². The molecule has 1 aromatic heterocycles. The van der Waals surface area contributed by atoms with Gasteiger partial charge in [0.05, 0.1) is 17.4 Å². The molecule has 1 aliphatic heterocycles. The summed E-state index contributed by atoms with van der Waals surface area (Å²) in [6, 6.07) is 7.62. The zero-order valence-electron chi connectivity index (χ0n) is 19.8. The fourth-order valence-corrected chi connectivity index (χ4v) is 5.19. The molecule has 2 heterocycles. The molecule has 1 unspecified atom stereocenters. The summed E-state index contributed by atoms with van der Waals surface area (Å²) in [5, 5.41) is 12.5. The Morgan fingerprint density at radius 2 is 2.11 bits per heavy atom. The van der Waals surface area contributed by atoms with Gasteiger partial charge in [-0.25, -0.2) is 4.98 Å². The van der Waals surface area contributed by atoms with Crippen LogP contribution >= 0.6 is 19.4 Å². The predicted molar refractivity (Wildman–Crippen MR) is 130 cm³/mol. The fourth-order valence-electron chi connectivity index (χ4n) is 3.87. The molecule has 0 amide bonds. The van der Waals surface area contributed by atoms with E-state index in [0.29, 0.717) is 29.2 Å². The van der Waals surface area contributed by atoms with Crippen molar-refractivity contribution in [1.29, 1.82) is 5.26 Å². The monoisotopic (exact) mass is 529 g/mol. The molecule has 1 aromatic carbocycles. The van der Waals surface area contributed by atoms with Gasteiger partial charge in [0, 0.05) is 31.1 Å². The van der Waals surface area contributed by atoms with Gasteiger partial charge in [0.25, 0.3) is 0 Å². The second kappa shape index (κ2) is 10.8. The van der Waals surface area contributed by atoms with Crippen molar-refractivity contribution in [3.63, 3.8) is 0 Å². The number of nitrogens with one attached hydrogen (secondary N) is 1. The molecular weight excluding hydrogens is 502 g/mol. The standard InChI is InChI=1S/C22H27F3N5O3PS/c1-29(2)15-7-8-30(12-15)20-10-17(22(23,24)25)16(11-26)21(28-20)27-18-9-14(5-6-19(18)35-4)13-34(31,32)33-3/h5-6,9-10,15H,7-8,12-13H2,1-4H3,(H,27,28)(H,31,32)/t15-/m0/s1. The van der Waals surface area contributed by atoms with Crippen LogP contribution in [0.4, 0.5) is 30.5 Å². The number of aromatic nitrogens is 1. The van der Waals surface area contributed by atoms with Gasteiger partial charge >= 0.3 is 13.8 Å². The number of alkyl halides is 3. The van der Waals surface area contributed by atoms with Gasteiger partial charge in [-0.15, -0.1) is 11.8 Å². The van der Waals surface area contributed by atoms with Crippen LogP contribution < -0.4 is 10.2 Å². The largest absolute Gasteiger partial charge is 0.417 e. The molecule has 13 heteroatoms. The minimum Gasteiger partial charge on any atom is -0.355 e. The Balaban J connectivity index is 2.09. The van der Waals surface area contributed by atoms with E-state index in [0.717, 1.165) is 19.6 Å². The van der Waals surface area contributed by atoms with Gasteiger partial charge in [-0.05, 0) is 50.5 Å². The Bertz CT molecular complexity index is 1170. The lowest BCUT2D eigenvalue weighted by Crippen LogP contribution is -2.32. The Labute approximate surface area is 206 Å². The van der Waals surface area contributed by atoms with E-state index in [1.165, 1.54) is 11.8 Å². The first kappa shape index (κ1) is 27.3. The van der Waals surface area contributed by atoms with E-state index in [9.17, 15) is 27.9 Å². The number of likely N-dealkylation sites (N-methyl/N-ethyl adjacent to an activating group) is 1. The quantitative estimate of drug-likeness (QED) is 0.365. The molecule has 0 aliphatic carbocycles. The molecular formula is C22H27F3N5O3PS. The number of nitrogens with zero attached hydrogens (tertiary/aromatic N) is 4. The predicted octanol–water partition coefficient (Wildman–Crippen LogP) is 4.91. The topological polar surface area (TPSA) is 102 Å². The summed E-state index contributed by atoms with van der Waals surface area (Å²) in [6.07, 6.45) is -2.47. The fraction of sp³-hybridized carbons (Fsp3) is 0.455. The van der Waals surface area contributed by atoms with Crippen molar-refractivity contribution < 1.29 is 27.2 Å². The van der Waals surface area contributed by atoms with Crippen LogP contribution in [-0.4, -0.2) is 61.4 Å². The molecule has 0 radical (unpaired) electrons. The normalized spacial score (nSPS) is 17.9. The second-order valence-electron chi connectivity index (χ2n) is 8.35. The number of halogens is 3. The number of hydrogen-bond donors (Lipinski definition) is 2. The molecule has 1 fully saturated rings. The molecule has 2 atom stereocenters. The summed E-state index contributed by atoms with van der Waals surface area (Å²) in [5.74, 6) is -0.0960. The number of nitriles is 1. The molecule has 8 nitrogen and oxygen atoms in total. The third-order valence-corrected chi connectivity index (χ3v) is 7.96. The van der Waals surface area contributed by atoms with Gasteiger partial charge in [0.2, 0.25) is 0 Å². The summed E-state index contributed by atoms with van der Waals surface area (Å²) < 4.78 is 58.5. The zero-order valence-corrected chi connectivity index (χ0v) is 21.5. The highest BCUT2D eigenvalue weighted by Crippen LogP contribution is 2.46. The van der Waals surface area contributed by atoms with Gasteiger partial charge in [-0.3, -0.25) is 4.57 Å². The number of anilines is 3. The summed E-state index contributed by atoms with van der Waals surface area (Å²) in [5.41, 5.74) is -0.876. The average molecular weight is 530 g/mol. The van der Waals surface area contributed by atoms with E-state index in [2.05, 4.69) is 14.8 Å². The maximum absolute atomic E-state index is 14.0. The third kappa shape index (κ3) is 6.48. The van der Waals surface area contributed by atoms with Gasteiger partial charge < -0.3 is 24.5 Å². The first-order valence-electron chi connectivity index (χ1n) is 10.6. The van der Waals surface area contributed by atoms with E-state index < -0.39 is 24.9 Å². The van der Waals surface area contributed by atoms with Crippen LogP contribution in [0, 0.1) is 11.3 Å². The first-order valence-corrected chi connectivity index (χ1v) is 13.6. The lowest BCUT2D eigenvalue weighted by atomic mass is 10.1. The van der Waals surface area contributed by atoms with Crippen LogP contribution in [0.25, 0.3) is 0 Å². The van der Waals surface area contributed by atoms with Gasteiger partial charge in [-0.2, -0.15) is 18.4 Å². The number of thioether (sulfide) groups is 1. The van der Waals surface area contributed by atoms with Crippen LogP contribution in [0.1, 0.15) is 23.1 Å². The minimum absolute atomic E-state index is 0.129. The van der Waals surface area contributed by atoms with E-state index in [4.69, 9.17) is 0 Å². The Morgan fingerprint density at radius 3 is 2.66 bits per heavy atom. The van der Waals surface area contributed by atoms with Crippen molar-refractivity contribution in [3.05, 3.63) is 41.0 Å². The molecule has 35 heavy (non-hydrogen) atoms. The van der Waals surface area contributed by atoms with Crippen molar-refractivity contribution in [2.24, 2.45) is 0 Å². The van der Waals surface area contributed by atoms with E-state index in [1.54, 1.807) is 35.4 Å². The van der Waals surface area contributed by atoms with Crippen LogP contribution in [-0.2, 0) is 21.4 Å². The third-order valence-electron chi connectivity index (χ3n) is 5.83. The van der Waals surface area contributed by atoms with Gasteiger partial charge in [0.1, 0.15) is 17.5 Å². The summed E-state index contributed by atoms with van der Waals surface area (Å²) in [7, 11) is 1.10. The Hall–Kier alpha value is -2.29. The maximum atomic E-state index is 14.0. The minimum atomic E-state index is -4.76. The average Bonchev–Trinajstić information content (AvgIpc) is 3.29. The molecule has 2 aromatic rings. The van der Waals surface area contributed by atoms with Crippen molar-refractivity contribution in [2.75, 3.05) is 50.8 Å². The molecule has 1 saturated heterocycles. The number of pyridine rings is 1. The molecule has 2 N–H and O–H groups in total. The zero-order chi connectivity index (χ0) is 26.0.